The van der Waals surface area contributed by atoms with Gasteiger partial charge in [0.2, 0.25) is 0 Å². The van der Waals surface area contributed by atoms with Gasteiger partial charge in [0.05, 0.1) is 42.7 Å². The van der Waals surface area contributed by atoms with E-state index in [0.29, 0.717) is 69.6 Å². The molecule has 0 heterocycles. The second kappa shape index (κ2) is 54.8. The highest BCUT2D eigenvalue weighted by atomic mass is 31.1. The molecule has 0 aromatic heterocycles. The van der Waals surface area contributed by atoms with Crippen molar-refractivity contribution >= 4 is 95.9 Å². The third kappa shape index (κ3) is 32.7. The molecule has 0 bridgehead atoms. The van der Waals surface area contributed by atoms with Gasteiger partial charge in [0, 0.05) is 112 Å². The molecule has 0 saturated heterocycles. The molecule has 10 rings (SSSR count). The third-order valence-corrected chi connectivity index (χ3v) is 24.5. The SMILES string of the molecule is CNCc1cc(C)ccc1Pc1cc(OC)ccc1OCOC.CNCc1cc(F)ccc1Pc1cc(OC)cc(OC)c1OCOC.CNCc1cccc(C)c1Pc1cccc(OC)c1OCOC.CNCc1ccccc1Pc1cc(OC)cc(OC)c1OCOC.COCOc1ccccc1Pc1ccccc1CNC(C)(C)C. The van der Waals surface area contributed by atoms with Crippen LogP contribution in [0, 0.1) is 19.7 Å². The van der Waals surface area contributed by atoms with Gasteiger partial charge in [-0.3, -0.25) is 0 Å². The van der Waals surface area contributed by atoms with E-state index in [4.69, 9.17) is 75.8 Å². The Bertz CT molecular complexity index is 4620. The maximum atomic E-state index is 13.6. The van der Waals surface area contributed by atoms with Crippen molar-refractivity contribution in [3.8, 4) is 63.2 Å². The molecule has 0 aliphatic carbocycles. The average Bonchev–Trinajstić information content (AvgIpc) is 0.821. The fourth-order valence-electron chi connectivity index (χ4n) is 11.6. The number of hydrogen-bond donors (Lipinski definition) is 5. The van der Waals surface area contributed by atoms with Crippen LogP contribution < -0.4 is 132 Å². The van der Waals surface area contributed by atoms with Gasteiger partial charge in [-0.25, -0.2) is 4.39 Å². The lowest BCUT2D eigenvalue weighted by molar-refractivity contribution is 0.0498. The number of para-hydroxylation sites is 2. The van der Waals surface area contributed by atoms with Crippen LogP contribution in [-0.2, 0) is 56.4 Å². The monoisotopic (exact) mass is 1710 g/mol. The summed E-state index contributed by atoms with van der Waals surface area (Å²) < 4.78 is 99.8. The summed E-state index contributed by atoms with van der Waals surface area (Å²) in [6.45, 7) is 15.8. The van der Waals surface area contributed by atoms with Crippen LogP contribution in [0.15, 0.2) is 188 Å². The molecule has 5 atom stereocenters. The fourth-order valence-corrected chi connectivity index (χ4v) is 18.1. The molecule has 118 heavy (non-hydrogen) atoms. The van der Waals surface area contributed by atoms with E-state index >= 15 is 0 Å². The van der Waals surface area contributed by atoms with Crippen LogP contribution in [0.4, 0.5) is 4.39 Å². The molecular formula is C91H121FN5O16P5. The van der Waals surface area contributed by atoms with E-state index in [1.807, 2.05) is 88.9 Å². The summed E-state index contributed by atoms with van der Waals surface area (Å²) in [5.41, 5.74) is 8.79. The highest BCUT2D eigenvalue weighted by Crippen LogP contribution is 2.37. The van der Waals surface area contributed by atoms with Gasteiger partial charge in [0.1, 0.15) is 34.6 Å². The lowest BCUT2D eigenvalue weighted by Crippen LogP contribution is -2.36. The molecule has 0 aliphatic heterocycles. The van der Waals surface area contributed by atoms with Gasteiger partial charge >= 0.3 is 0 Å². The highest BCUT2D eigenvalue weighted by Gasteiger charge is 2.21. The van der Waals surface area contributed by atoms with Gasteiger partial charge in [-0.2, -0.15) is 0 Å². The number of nitrogens with one attached hydrogen (secondary N) is 5. The second-order valence-electron chi connectivity index (χ2n) is 27.1. The van der Waals surface area contributed by atoms with Gasteiger partial charge < -0.3 is 102 Å². The summed E-state index contributed by atoms with van der Waals surface area (Å²) in [5.74, 6) is 7.71. The van der Waals surface area contributed by atoms with E-state index in [0.717, 1.165) is 92.8 Å². The third-order valence-electron chi connectivity index (χ3n) is 17.2. The Morgan fingerprint density at radius 1 is 0.297 bits per heavy atom. The normalized spacial score (nSPS) is 11.3. The van der Waals surface area contributed by atoms with Crippen LogP contribution in [0.1, 0.15) is 59.7 Å². The predicted octanol–water partition coefficient (Wildman–Crippen LogP) is 12.1. The van der Waals surface area contributed by atoms with Crippen LogP contribution in [0.2, 0.25) is 0 Å². The van der Waals surface area contributed by atoms with Crippen molar-refractivity contribution < 1.29 is 80.2 Å². The van der Waals surface area contributed by atoms with Crippen molar-refractivity contribution in [3.63, 3.8) is 0 Å². The zero-order chi connectivity index (χ0) is 85.6. The molecule has 0 fully saturated rings. The van der Waals surface area contributed by atoms with Crippen LogP contribution in [0.5, 0.6) is 63.2 Å². The van der Waals surface area contributed by atoms with Gasteiger partial charge in [0.15, 0.2) is 68.5 Å². The molecule has 638 valence electrons. The molecule has 27 heteroatoms. The summed E-state index contributed by atoms with van der Waals surface area (Å²) >= 11 is 0. The van der Waals surface area contributed by atoms with E-state index in [1.165, 1.54) is 66.0 Å². The van der Waals surface area contributed by atoms with E-state index < -0.39 is 0 Å². The molecule has 5 unspecified atom stereocenters. The quantitative estimate of drug-likeness (QED) is 0.0178. The standard InChI is InChI=1S/C19H26NO2P.C18H23FNO4P.C18H24NO4P.2C18H24NO3P/c1-19(2,3)20-13-15-9-5-7-11-17(15)23-18-12-8-6-10-16(18)22-14-21-4;1-20-10-12-7-13(19)5-6-16(12)25-17-9-14(22-3)8-15(23-4)18(17)24-11-21-2;1-19-11-13-7-5-6-8-16(13)24-17-10-14(21-3)9-15(22-4)18(17)23-12-20-2;1-13-5-8-17(14(9-13)11-19-2)23-18-10-15(21-4)6-7-16(18)22-12-20-3;1-13-7-5-8-14(11-19-2)18(13)23-16-10-6-9-15(21-4)17(16)22-12-20-3/h5-12,20,23H,13-14H2,1-4H3;5-9,20,25H,10-11H2,1-4H3;5-10,19,24H,11-12H2,1-4H3;2*5-10,19,23H,11-12H2,1-4H3. The molecule has 5 N–H and O–H groups in total. The van der Waals surface area contributed by atoms with Crippen LogP contribution in [0.25, 0.3) is 0 Å². The smallest absolute Gasteiger partial charge is 0.188 e. The Kier molecular flexibility index (Phi) is 45.7. The topological polar surface area (TPSA) is 208 Å². The van der Waals surface area contributed by atoms with Crippen molar-refractivity contribution in [1.82, 2.24) is 26.6 Å². The minimum absolute atomic E-state index is 0.104. The van der Waals surface area contributed by atoms with E-state index in [9.17, 15) is 4.39 Å². The number of rotatable bonds is 41. The first-order valence-corrected chi connectivity index (χ1v) is 43.1. The Labute approximate surface area is 708 Å². The Hall–Kier alpha value is -8.32. The van der Waals surface area contributed by atoms with E-state index in [2.05, 4.69) is 164 Å². The maximum Gasteiger partial charge on any atom is 0.188 e. The summed E-state index contributed by atoms with van der Waals surface area (Å²) in [7, 11) is 27.7. The second-order valence-corrected chi connectivity index (χ2v) is 33.7. The number of hydrogen-bond acceptors (Lipinski definition) is 21. The average molecular weight is 1710 g/mol. The van der Waals surface area contributed by atoms with Crippen molar-refractivity contribution in [3.05, 3.63) is 233 Å². The number of aryl methyl sites for hydroxylation is 2. The van der Waals surface area contributed by atoms with E-state index in [-0.39, 0.29) is 53.9 Å². The first kappa shape index (κ1) is 98.5. The van der Waals surface area contributed by atoms with Crippen molar-refractivity contribution in [2.45, 2.75) is 72.9 Å². The van der Waals surface area contributed by atoms with Crippen LogP contribution in [-0.4, -0.2) is 146 Å². The molecule has 0 radical (unpaired) electrons. The molecular weight excluding hydrogens is 1590 g/mol. The summed E-state index contributed by atoms with van der Waals surface area (Å²) in [6.07, 6.45) is 0. The zero-order valence-electron chi connectivity index (χ0n) is 71.9. The number of methoxy groups -OCH3 is 11. The number of ether oxygens (including phenoxy) is 16. The molecule has 0 aliphatic rings. The van der Waals surface area contributed by atoms with Gasteiger partial charge in [0.25, 0.3) is 0 Å². The molecule has 0 saturated carbocycles. The number of benzene rings is 10. The summed E-state index contributed by atoms with van der Waals surface area (Å²) in [6, 6.07) is 62.3. The maximum absolute atomic E-state index is 13.6. The molecule has 0 spiro atoms. The highest BCUT2D eigenvalue weighted by molar-refractivity contribution is 7.57. The Morgan fingerprint density at radius 3 is 1.19 bits per heavy atom. The molecule has 10 aromatic carbocycles. The van der Waals surface area contributed by atoms with Crippen molar-refractivity contribution in [2.24, 2.45) is 0 Å². The molecule has 0 amide bonds. The number of halogens is 1. The van der Waals surface area contributed by atoms with Crippen LogP contribution >= 0.6 is 42.9 Å². The van der Waals surface area contributed by atoms with Gasteiger partial charge in [-0.15, -0.1) is 0 Å². The first-order valence-electron chi connectivity index (χ1n) is 38.1. The van der Waals surface area contributed by atoms with Gasteiger partial charge in [-0.1, -0.05) is 170 Å². The Morgan fingerprint density at radius 2 is 0.686 bits per heavy atom. The first-order chi connectivity index (χ1) is 57.2. The molecule has 21 nitrogen and oxygen atoms in total. The largest absolute Gasteiger partial charge is 0.497 e. The van der Waals surface area contributed by atoms with Crippen molar-refractivity contribution in [1.29, 1.82) is 0 Å². The van der Waals surface area contributed by atoms with E-state index in [1.54, 1.807) is 96.4 Å². The van der Waals surface area contributed by atoms with Crippen LogP contribution in [0.3, 0.4) is 0 Å². The zero-order valence-corrected chi connectivity index (χ0v) is 76.9. The minimum atomic E-state index is -0.252. The summed E-state index contributed by atoms with van der Waals surface area (Å²) in [5, 5.41) is 27.9. The predicted molar refractivity (Wildman–Crippen MR) is 491 cm³/mol. The van der Waals surface area contributed by atoms with Crippen molar-refractivity contribution in [2.75, 3.05) is 140 Å². The summed E-state index contributed by atoms with van der Waals surface area (Å²) in [4.78, 5) is 0. The lowest BCUT2D eigenvalue weighted by Gasteiger charge is -2.22. The molecule has 10 aromatic rings. The van der Waals surface area contributed by atoms with Gasteiger partial charge in [-0.05, 0) is 177 Å². The fraction of sp³-hybridized carbons (Fsp3) is 0.341. The lowest BCUT2D eigenvalue weighted by atomic mass is 10.1. The Balaban J connectivity index is 0.000000229. The minimum Gasteiger partial charge on any atom is -0.497 e.